The summed E-state index contributed by atoms with van der Waals surface area (Å²) in [7, 11) is 0. The van der Waals surface area contributed by atoms with Crippen LogP contribution in [0.3, 0.4) is 0 Å². The van der Waals surface area contributed by atoms with E-state index >= 15 is 0 Å². The Labute approximate surface area is 193 Å². The Hall–Kier alpha value is -3.64. The minimum absolute atomic E-state index is 0.0348. The minimum Gasteiger partial charge on any atom is -0.508 e. The Morgan fingerprint density at radius 3 is 2.36 bits per heavy atom. The van der Waals surface area contributed by atoms with Crippen molar-refractivity contribution in [1.29, 1.82) is 0 Å². The lowest BCUT2D eigenvalue weighted by Crippen LogP contribution is -2.38. The SMILES string of the molecule is CCN(CC)CCN1C(=O)C(=O)/C(=C(\O)c2ccc3ccccc3c2)C1c1cccc(O)c1. The van der Waals surface area contributed by atoms with Gasteiger partial charge in [0.2, 0.25) is 0 Å². The van der Waals surface area contributed by atoms with Crippen molar-refractivity contribution in [3.63, 3.8) is 0 Å². The van der Waals surface area contributed by atoms with Gasteiger partial charge in [-0.05, 0) is 47.6 Å². The van der Waals surface area contributed by atoms with Gasteiger partial charge in [-0.3, -0.25) is 9.59 Å². The standard InChI is InChI=1S/C27H28N2O4/c1-3-28(4-2)14-15-29-24(20-10-7-11-22(30)17-20)23(26(32)27(29)33)25(31)21-13-12-18-8-5-6-9-19(18)16-21/h5-13,16-17,24,30-31H,3-4,14-15H2,1-2H3/b25-23-. The molecule has 1 heterocycles. The molecule has 3 aromatic carbocycles. The second kappa shape index (κ2) is 9.46. The third-order valence-electron chi connectivity index (χ3n) is 6.30. The highest BCUT2D eigenvalue weighted by Gasteiger charge is 2.46. The average molecular weight is 445 g/mol. The van der Waals surface area contributed by atoms with Gasteiger partial charge < -0.3 is 20.0 Å². The number of likely N-dealkylation sites (tertiary alicyclic amines) is 1. The molecule has 0 saturated carbocycles. The van der Waals surface area contributed by atoms with E-state index in [0.29, 0.717) is 24.2 Å². The summed E-state index contributed by atoms with van der Waals surface area (Å²) in [5, 5.41) is 23.3. The number of rotatable bonds is 7. The molecule has 4 rings (SSSR count). The molecule has 1 saturated heterocycles. The molecular weight excluding hydrogens is 416 g/mol. The first-order valence-electron chi connectivity index (χ1n) is 11.2. The number of ketones is 1. The number of fused-ring (bicyclic) bond motifs is 1. The highest BCUT2D eigenvalue weighted by Crippen LogP contribution is 2.40. The zero-order valence-corrected chi connectivity index (χ0v) is 18.9. The molecule has 0 aromatic heterocycles. The van der Waals surface area contributed by atoms with Crippen LogP contribution in [0.1, 0.15) is 31.0 Å². The molecule has 1 aliphatic rings. The maximum absolute atomic E-state index is 13.2. The number of amides is 1. The lowest BCUT2D eigenvalue weighted by atomic mass is 9.94. The van der Waals surface area contributed by atoms with E-state index in [0.717, 1.165) is 23.9 Å². The Morgan fingerprint density at radius 2 is 1.67 bits per heavy atom. The number of phenols is 1. The molecule has 0 radical (unpaired) electrons. The lowest BCUT2D eigenvalue weighted by Gasteiger charge is -2.28. The number of Topliss-reactive ketones (excluding diaryl/α,β-unsaturated/α-hetero) is 1. The summed E-state index contributed by atoms with van der Waals surface area (Å²) in [4.78, 5) is 29.9. The summed E-state index contributed by atoms with van der Waals surface area (Å²) in [6.45, 7) is 6.68. The van der Waals surface area contributed by atoms with E-state index in [1.165, 1.54) is 17.0 Å². The topological polar surface area (TPSA) is 81.1 Å². The van der Waals surface area contributed by atoms with Crippen LogP contribution in [-0.4, -0.2) is 57.9 Å². The van der Waals surface area contributed by atoms with Crippen LogP contribution >= 0.6 is 0 Å². The highest BCUT2D eigenvalue weighted by molar-refractivity contribution is 6.46. The van der Waals surface area contributed by atoms with E-state index in [4.69, 9.17) is 0 Å². The first-order chi connectivity index (χ1) is 15.9. The smallest absolute Gasteiger partial charge is 0.295 e. The van der Waals surface area contributed by atoms with Gasteiger partial charge in [-0.25, -0.2) is 0 Å². The quantitative estimate of drug-likeness (QED) is 0.322. The van der Waals surface area contributed by atoms with Gasteiger partial charge in [-0.15, -0.1) is 0 Å². The molecule has 3 aromatic rings. The van der Waals surface area contributed by atoms with Crippen molar-refractivity contribution in [3.8, 4) is 5.75 Å². The number of carbonyl (C=O) groups is 2. The fourth-order valence-electron chi connectivity index (χ4n) is 4.43. The van der Waals surface area contributed by atoms with E-state index in [1.807, 2.05) is 50.2 Å². The zero-order valence-electron chi connectivity index (χ0n) is 18.9. The highest BCUT2D eigenvalue weighted by atomic mass is 16.3. The van der Waals surface area contributed by atoms with Crippen molar-refractivity contribution in [3.05, 3.63) is 83.4 Å². The number of hydrogen-bond acceptors (Lipinski definition) is 5. The molecule has 6 heteroatoms. The Morgan fingerprint density at radius 1 is 0.939 bits per heavy atom. The number of carbonyl (C=O) groups excluding carboxylic acids is 2. The molecule has 0 bridgehead atoms. The van der Waals surface area contributed by atoms with Crippen molar-refractivity contribution in [1.82, 2.24) is 9.80 Å². The number of phenolic OH excluding ortho intramolecular Hbond substituents is 1. The molecule has 1 unspecified atom stereocenters. The zero-order chi connectivity index (χ0) is 23.5. The molecule has 2 N–H and O–H groups in total. The van der Waals surface area contributed by atoms with Gasteiger partial charge in [-0.2, -0.15) is 0 Å². The largest absolute Gasteiger partial charge is 0.508 e. The van der Waals surface area contributed by atoms with Crippen LogP contribution in [0.5, 0.6) is 5.75 Å². The molecule has 170 valence electrons. The van der Waals surface area contributed by atoms with Gasteiger partial charge in [0.1, 0.15) is 11.5 Å². The molecule has 33 heavy (non-hydrogen) atoms. The molecule has 0 spiro atoms. The van der Waals surface area contributed by atoms with Crippen LogP contribution in [0.15, 0.2) is 72.3 Å². The summed E-state index contributed by atoms with van der Waals surface area (Å²) >= 11 is 0. The van der Waals surface area contributed by atoms with Crippen molar-refractivity contribution < 1.29 is 19.8 Å². The molecule has 1 atom stereocenters. The van der Waals surface area contributed by atoms with Crippen LogP contribution in [-0.2, 0) is 9.59 Å². The molecule has 1 aliphatic heterocycles. The van der Waals surface area contributed by atoms with Crippen LogP contribution in [0.2, 0.25) is 0 Å². The van der Waals surface area contributed by atoms with Gasteiger partial charge in [-0.1, -0.05) is 62.4 Å². The average Bonchev–Trinajstić information content (AvgIpc) is 3.09. The Kier molecular flexibility index (Phi) is 6.47. The fourth-order valence-corrected chi connectivity index (χ4v) is 4.43. The molecule has 1 fully saturated rings. The van der Waals surface area contributed by atoms with Gasteiger partial charge >= 0.3 is 0 Å². The van der Waals surface area contributed by atoms with Crippen LogP contribution < -0.4 is 0 Å². The van der Waals surface area contributed by atoms with E-state index in [1.54, 1.807) is 18.2 Å². The summed E-state index contributed by atoms with van der Waals surface area (Å²) < 4.78 is 0. The summed E-state index contributed by atoms with van der Waals surface area (Å²) in [5.41, 5.74) is 1.09. The Balaban J connectivity index is 1.83. The normalized spacial score (nSPS) is 17.9. The van der Waals surface area contributed by atoms with Crippen molar-refractivity contribution >= 4 is 28.2 Å². The van der Waals surface area contributed by atoms with E-state index in [-0.39, 0.29) is 17.1 Å². The number of benzene rings is 3. The second-order valence-corrected chi connectivity index (χ2v) is 8.18. The third-order valence-corrected chi connectivity index (χ3v) is 6.30. The fraction of sp³-hybridized carbons (Fsp3) is 0.259. The summed E-state index contributed by atoms with van der Waals surface area (Å²) in [5.74, 6) is -1.53. The maximum Gasteiger partial charge on any atom is 0.295 e. The predicted octanol–water partition coefficient (Wildman–Crippen LogP) is 4.31. The summed E-state index contributed by atoms with van der Waals surface area (Å²) in [6.07, 6.45) is 0. The number of hydrogen-bond donors (Lipinski definition) is 2. The second-order valence-electron chi connectivity index (χ2n) is 8.18. The van der Waals surface area contributed by atoms with Gasteiger partial charge in [0.05, 0.1) is 11.6 Å². The van der Waals surface area contributed by atoms with Crippen LogP contribution in [0.25, 0.3) is 16.5 Å². The molecule has 0 aliphatic carbocycles. The van der Waals surface area contributed by atoms with Crippen molar-refractivity contribution in [2.75, 3.05) is 26.2 Å². The third kappa shape index (κ3) is 4.34. The van der Waals surface area contributed by atoms with Gasteiger partial charge in [0.15, 0.2) is 0 Å². The predicted molar refractivity (Wildman–Crippen MR) is 129 cm³/mol. The van der Waals surface area contributed by atoms with Gasteiger partial charge in [0, 0.05) is 18.7 Å². The molecule has 6 nitrogen and oxygen atoms in total. The van der Waals surface area contributed by atoms with Crippen molar-refractivity contribution in [2.45, 2.75) is 19.9 Å². The molecular formula is C27H28N2O4. The number of aliphatic hydroxyl groups is 1. The van der Waals surface area contributed by atoms with Crippen LogP contribution in [0.4, 0.5) is 0 Å². The van der Waals surface area contributed by atoms with Gasteiger partial charge in [0.25, 0.3) is 11.7 Å². The monoisotopic (exact) mass is 444 g/mol. The van der Waals surface area contributed by atoms with E-state index in [2.05, 4.69) is 4.90 Å². The maximum atomic E-state index is 13.2. The number of nitrogens with zero attached hydrogens (tertiary/aromatic N) is 2. The number of aliphatic hydroxyl groups excluding tert-OH is 1. The minimum atomic E-state index is -0.779. The van der Waals surface area contributed by atoms with Crippen molar-refractivity contribution in [2.24, 2.45) is 0 Å². The lowest BCUT2D eigenvalue weighted by molar-refractivity contribution is -0.140. The van der Waals surface area contributed by atoms with E-state index < -0.39 is 17.7 Å². The first kappa shape index (κ1) is 22.6. The van der Waals surface area contributed by atoms with Crippen LogP contribution in [0, 0.1) is 0 Å². The molecule has 1 amide bonds. The first-order valence-corrected chi connectivity index (χ1v) is 11.2. The van der Waals surface area contributed by atoms with E-state index in [9.17, 15) is 19.8 Å². The summed E-state index contributed by atoms with van der Waals surface area (Å²) in [6, 6.07) is 18.9. The number of likely N-dealkylation sites (N-methyl/N-ethyl adjacent to an activating group) is 1. The number of aromatic hydroxyl groups is 1. The Bertz CT molecular complexity index is 1230.